The summed E-state index contributed by atoms with van der Waals surface area (Å²) in [6.07, 6.45) is 2.98. The molecule has 2 rings (SSSR count). The van der Waals surface area contributed by atoms with Gasteiger partial charge in [-0.1, -0.05) is 11.2 Å². The Morgan fingerprint density at radius 2 is 2.17 bits per heavy atom. The minimum absolute atomic E-state index is 0.553. The highest BCUT2D eigenvalue weighted by molar-refractivity contribution is 5.81. The molecule has 92 valence electrons. The molecule has 0 aliphatic carbocycles. The second-order valence-electron chi connectivity index (χ2n) is 3.68. The zero-order chi connectivity index (χ0) is 13.0. The number of nitrogens with zero attached hydrogens (tertiary/aromatic N) is 3. The summed E-state index contributed by atoms with van der Waals surface area (Å²) in [6.45, 7) is 1.85. The molecule has 0 aliphatic heterocycles. The molecule has 2 heterocycles. The highest BCUT2D eigenvalue weighted by atomic mass is 16.5. The lowest BCUT2D eigenvalue weighted by atomic mass is 10.1. The fraction of sp³-hybridized carbons (Fsp3) is 0.154. The van der Waals surface area contributed by atoms with Crippen LogP contribution in [0.5, 0.6) is 5.75 Å². The van der Waals surface area contributed by atoms with Crippen molar-refractivity contribution in [2.45, 2.75) is 6.92 Å². The highest BCUT2D eigenvalue weighted by Crippen LogP contribution is 2.25. The van der Waals surface area contributed by atoms with E-state index < -0.39 is 0 Å². The number of methoxy groups -OCH3 is 1. The predicted octanol–water partition coefficient (Wildman–Crippen LogP) is 2.27. The average Bonchev–Trinajstić information content (AvgIpc) is 2.42. The van der Waals surface area contributed by atoms with Crippen LogP contribution < -0.4 is 4.74 Å². The van der Waals surface area contributed by atoms with Gasteiger partial charge in [0.1, 0.15) is 5.75 Å². The molecule has 2 aromatic rings. The van der Waals surface area contributed by atoms with Crippen molar-refractivity contribution in [3.8, 4) is 17.1 Å². The summed E-state index contributed by atoms with van der Waals surface area (Å²) in [5.41, 5.74) is 2.78. The predicted molar refractivity (Wildman–Crippen MR) is 68.1 cm³/mol. The summed E-state index contributed by atoms with van der Waals surface area (Å²) < 4.78 is 5.28. The quantitative estimate of drug-likeness (QED) is 0.510. The molecule has 0 atom stereocenters. The van der Waals surface area contributed by atoms with E-state index >= 15 is 0 Å². The SMILES string of the molecule is COc1cc(-c2ccccn2)nc(/C=N/O)c1C. The maximum Gasteiger partial charge on any atom is 0.126 e. The van der Waals surface area contributed by atoms with Crippen LogP contribution in [0.3, 0.4) is 0 Å². The fourth-order valence-corrected chi connectivity index (χ4v) is 1.64. The lowest BCUT2D eigenvalue weighted by molar-refractivity contribution is 0.321. The van der Waals surface area contributed by atoms with Gasteiger partial charge in [0.25, 0.3) is 0 Å². The normalized spacial score (nSPS) is 10.8. The molecule has 0 aromatic carbocycles. The number of ether oxygens (including phenoxy) is 1. The number of hydrogen-bond donors (Lipinski definition) is 1. The van der Waals surface area contributed by atoms with Gasteiger partial charge < -0.3 is 9.94 Å². The maximum absolute atomic E-state index is 8.64. The molecule has 5 nitrogen and oxygen atoms in total. The van der Waals surface area contributed by atoms with Gasteiger partial charge in [-0.25, -0.2) is 4.98 Å². The number of rotatable bonds is 3. The second kappa shape index (κ2) is 5.27. The van der Waals surface area contributed by atoms with Gasteiger partial charge >= 0.3 is 0 Å². The van der Waals surface area contributed by atoms with E-state index in [0.717, 1.165) is 11.3 Å². The standard InChI is InChI=1S/C13H13N3O2/c1-9-12(8-15-17)16-11(7-13(9)18-2)10-5-3-4-6-14-10/h3-8,17H,1-2H3/b15-8+. The topological polar surface area (TPSA) is 67.6 Å². The van der Waals surface area contributed by atoms with Gasteiger partial charge in [0.2, 0.25) is 0 Å². The number of hydrogen-bond acceptors (Lipinski definition) is 5. The Labute approximate surface area is 105 Å². The zero-order valence-electron chi connectivity index (χ0n) is 10.2. The maximum atomic E-state index is 8.64. The Balaban J connectivity index is 2.59. The van der Waals surface area contributed by atoms with Crippen molar-refractivity contribution >= 4 is 6.21 Å². The lowest BCUT2D eigenvalue weighted by Crippen LogP contribution is -1.99. The van der Waals surface area contributed by atoms with Crippen LogP contribution in [0.15, 0.2) is 35.6 Å². The summed E-state index contributed by atoms with van der Waals surface area (Å²) in [5, 5.41) is 11.7. The third-order valence-electron chi connectivity index (χ3n) is 2.59. The van der Waals surface area contributed by atoms with Crippen molar-refractivity contribution in [1.82, 2.24) is 9.97 Å². The molecule has 2 aromatic heterocycles. The van der Waals surface area contributed by atoms with Crippen molar-refractivity contribution in [3.63, 3.8) is 0 Å². The Hall–Kier alpha value is -2.43. The molecule has 0 saturated carbocycles. The van der Waals surface area contributed by atoms with Crippen LogP contribution in [0.1, 0.15) is 11.3 Å². The third kappa shape index (κ3) is 2.29. The van der Waals surface area contributed by atoms with Gasteiger partial charge in [0, 0.05) is 17.8 Å². The first-order valence-electron chi connectivity index (χ1n) is 5.40. The third-order valence-corrected chi connectivity index (χ3v) is 2.59. The van der Waals surface area contributed by atoms with E-state index in [9.17, 15) is 0 Å². The molecule has 0 fully saturated rings. The summed E-state index contributed by atoms with van der Waals surface area (Å²) in [5.74, 6) is 0.681. The van der Waals surface area contributed by atoms with Crippen LogP contribution in [0.25, 0.3) is 11.4 Å². The Morgan fingerprint density at radius 1 is 1.33 bits per heavy atom. The van der Waals surface area contributed by atoms with E-state index in [1.54, 1.807) is 13.3 Å². The first-order valence-corrected chi connectivity index (χ1v) is 5.40. The fourth-order valence-electron chi connectivity index (χ4n) is 1.64. The molecule has 0 spiro atoms. The molecule has 0 saturated heterocycles. The summed E-state index contributed by atoms with van der Waals surface area (Å²) in [4.78, 5) is 8.62. The molecule has 0 radical (unpaired) electrons. The summed E-state index contributed by atoms with van der Waals surface area (Å²) >= 11 is 0. The average molecular weight is 243 g/mol. The van der Waals surface area contributed by atoms with E-state index in [1.807, 2.05) is 31.2 Å². The zero-order valence-corrected chi connectivity index (χ0v) is 10.2. The van der Waals surface area contributed by atoms with E-state index in [1.165, 1.54) is 6.21 Å². The number of aromatic nitrogens is 2. The molecule has 0 bridgehead atoms. The van der Waals surface area contributed by atoms with Crippen molar-refractivity contribution in [2.75, 3.05) is 7.11 Å². The van der Waals surface area contributed by atoms with E-state index in [0.29, 0.717) is 17.1 Å². The first-order chi connectivity index (χ1) is 8.76. The van der Waals surface area contributed by atoms with Gasteiger partial charge in [0.15, 0.2) is 0 Å². The minimum Gasteiger partial charge on any atom is -0.496 e. The van der Waals surface area contributed by atoms with Gasteiger partial charge in [-0.3, -0.25) is 4.98 Å². The van der Waals surface area contributed by atoms with Crippen LogP contribution in [-0.4, -0.2) is 28.5 Å². The highest BCUT2D eigenvalue weighted by Gasteiger charge is 2.10. The van der Waals surface area contributed by atoms with Crippen molar-refractivity contribution < 1.29 is 9.94 Å². The van der Waals surface area contributed by atoms with Gasteiger partial charge in [-0.05, 0) is 19.1 Å². The molecular formula is C13H13N3O2. The van der Waals surface area contributed by atoms with Gasteiger partial charge in [-0.15, -0.1) is 0 Å². The molecule has 5 heteroatoms. The number of oxime groups is 1. The Morgan fingerprint density at radius 3 is 2.78 bits per heavy atom. The van der Waals surface area contributed by atoms with Crippen LogP contribution in [0, 0.1) is 6.92 Å². The minimum atomic E-state index is 0.553. The Kier molecular flexibility index (Phi) is 3.52. The van der Waals surface area contributed by atoms with Crippen LogP contribution in [0.4, 0.5) is 0 Å². The second-order valence-corrected chi connectivity index (χ2v) is 3.68. The van der Waals surface area contributed by atoms with Crippen LogP contribution >= 0.6 is 0 Å². The largest absolute Gasteiger partial charge is 0.496 e. The number of pyridine rings is 2. The molecule has 18 heavy (non-hydrogen) atoms. The monoisotopic (exact) mass is 243 g/mol. The summed E-state index contributed by atoms with van der Waals surface area (Å²) in [7, 11) is 1.59. The summed E-state index contributed by atoms with van der Waals surface area (Å²) in [6, 6.07) is 7.39. The van der Waals surface area contributed by atoms with Gasteiger partial charge in [-0.2, -0.15) is 0 Å². The van der Waals surface area contributed by atoms with E-state index in [4.69, 9.17) is 9.94 Å². The molecule has 1 N–H and O–H groups in total. The Bertz CT molecular complexity index is 568. The van der Waals surface area contributed by atoms with Crippen molar-refractivity contribution in [1.29, 1.82) is 0 Å². The van der Waals surface area contributed by atoms with E-state index in [-0.39, 0.29) is 0 Å². The smallest absolute Gasteiger partial charge is 0.126 e. The van der Waals surface area contributed by atoms with Crippen molar-refractivity contribution in [3.05, 3.63) is 41.7 Å². The lowest BCUT2D eigenvalue weighted by Gasteiger charge is -2.09. The van der Waals surface area contributed by atoms with E-state index in [2.05, 4.69) is 15.1 Å². The molecule has 0 aliphatic rings. The first kappa shape index (κ1) is 12.0. The van der Waals surface area contributed by atoms with Crippen LogP contribution in [0.2, 0.25) is 0 Å². The molecule has 0 unspecified atom stereocenters. The van der Waals surface area contributed by atoms with Crippen molar-refractivity contribution in [2.24, 2.45) is 5.16 Å². The van der Waals surface area contributed by atoms with Gasteiger partial charge in [0.05, 0.1) is 30.4 Å². The van der Waals surface area contributed by atoms with Crippen LogP contribution in [-0.2, 0) is 0 Å². The molecular weight excluding hydrogens is 230 g/mol. The molecule has 0 amide bonds.